The van der Waals surface area contributed by atoms with E-state index in [1.807, 2.05) is 43.7 Å². The number of alkyl carbamates (subject to hydrolysis) is 2. The van der Waals surface area contributed by atoms with Crippen molar-refractivity contribution < 1.29 is 33.5 Å². The van der Waals surface area contributed by atoms with Crippen LogP contribution >= 0.6 is 0 Å². The first-order valence-corrected chi connectivity index (χ1v) is 24.5. The average Bonchev–Trinajstić information content (AvgIpc) is 4.20. The van der Waals surface area contributed by atoms with Crippen LogP contribution < -0.4 is 21.0 Å². The second-order valence-electron chi connectivity index (χ2n) is 20.0. The number of aromatic nitrogens is 4. The van der Waals surface area contributed by atoms with Gasteiger partial charge in [0.05, 0.1) is 55.8 Å². The zero-order valence-corrected chi connectivity index (χ0v) is 39.9. The van der Waals surface area contributed by atoms with E-state index in [1.165, 1.54) is 62.2 Å². The second kappa shape index (κ2) is 18.2. The summed E-state index contributed by atoms with van der Waals surface area (Å²) in [6.45, 7) is 9.40. The first-order valence-electron chi connectivity index (χ1n) is 24.5. The summed E-state index contributed by atoms with van der Waals surface area (Å²) in [4.78, 5) is 79.0. The summed E-state index contributed by atoms with van der Waals surface area (Å²) in [5, 5.41) is 5.48. The minimum Gasteiger partial charge on any atom is -0.453 e. The molecule has 2 saturated heterocycles. The fourth-order valence-corrected chi connectivity index (χ4v) is 12.0. The molecule has 5 N–H and O–H groups in total. The molecule has 10 rings (SSSR count). The van der Waals surface area contributed by atoms with Crippen LogP contribution in [0.15, 0.2) is 48.7 Å². The fraction of sp³-hybridized carbons (Fsp3) is 0.500. The molecule has 4 amide bonds. The fourth-order valence-electron chi connectivity index (χ4n) is 12.0. The van der Waals surface area contributed by atoms with Crippen molar-refractivity contribution >= 4 is 35.0 Å². The van der Waals surface area contributed by atoms with Gasteiger partial charge in [-0.1, -0.05) is 64.8 Å². The number of hydroxylamine groups is 1. The molecular weight excluding hydrogens is 863 g/mol. The molecule has 0 unspecified atom stereocenters. The Morgan fingerprint density at radius 3 is 1.97 bits per heavy atom. The Kier molecular flexibility index (Phi) is 12.2. The van der Waals surface area contributed by atoms with Crippen molar-refractivity contribution in [2.75, 3.05) is 27.3 Å². The zero-order chi connectivity index (χ0) is 47.4. The monoisotopic (exact) mass is 925 g/mol. The Labute approximate surface area is 396 Å². The van der Waals surface area contributed by atoms with Crippen molar-refractivity contribution in [3.8, 4) is 39.3 Å². The molecule has 5 aliphatic rings. The summed E-state index contributed by atoms with van der Waals surface area (Å²) in [5.74, 6) is 1.72. The molecule has 4 atom stereocenters. The molecule has 358 valence electrons. The number of fused-ring (bicyclic) bond motifs is 4. The maximum absolute atomic E-state index is 13.9. The van der Waals surface area contributed by atoms with Crippen molar-refractivity contribution in [2.24, 2.45) is 11.8 Å². The number of nitrogens with zero attached hydrogens (tertiary/aromatic N) is 4. The van der Waals surface area contributed by atoms with E-state index in [-0.39, 0.29) is 41.1 Å². The number of rotatable bonds is 11. The third-order valence-electron chi connectivity index (χ3n) is 15.4. The molecule has 5 heterocycles. The van der Waals surface area contributed by atoms with Gasteiger partial charge in [-0.05, 0) is 120 Å². The molecule has 1 spiro atoms. The molecule has 2 aromatic heterocycles. The van der Waals surface area contributed by atoms with E-state index in [4.69, 9.17) is 24.3 Å². The zero-order valence-electron chi connectivity index (χ0n) is 39.9. The Morgan fingerprint density at radius 1 is 0.735 bits per heavy atom. The van der Waals surface area contributed by atoms with Gasteiger partial charge in [-0.2, -0.15) is 5.48 Å². The van der Waals surface area contributed by atoms with Crippen molar-refractivity contribution in [3.05, 3.63) is 77.0 Å². The molecule has 68 heavy (non-hydrogen) atoms. The second-order valence-corrected chi connectivity index (χ2v) is 20.0. The van der Waals surface area contributed by atoms with E-state index in [0.717, 1.165) is 89.1 Å². The quantitative estimate of drug-likeness (QED) is 0.0857. The summed E-state index contributed by atoms with van der Waals surface area (Å²) in [5.41, 5.74) is 15.6. The highest BCUT2D eigenvalue weighted by atomic mass is 16.7. The van der Waals surface area contributed by atoms with Crippen molar-refractivity contribution in [1.29, 1.82) is 0 Å². The summed E-state index contributed by atoms with van der Waals surface area (Å²) in [7, 11) is 2.61. The molecule has 3 aliphatic heterocycles. The normalized spacial score (nSPS) is 20.2. The van der Waals surface area contributed by atoms with Gasteiger partial charge in [0.15, 0.2) is 5.75 Å². The van der Waals surface area contributed by atoms with Crippen LogP contribution in [0.3, 0.4) is 0 Å². The van der Waals surface area contributed by atoms with Crippen LogP contribution in [0, 0.1) is 11.8 Å². The van der Waals surface area contributed by atoms with Crippen molar-refractivity contribution in [2.45, 2.75) is 128 Å². The van der Waals surface area contributed by atoms with Gasteiger partial charge in [-0.25, -0.2) is 19.6 Å². The number of amides is 4. The van der Waals surface area contributed by atoms with Crippen molar-refractivity contribution in [1.82, 2.24) is 45.8 Å². The topological polar surface area (TPSA) is 196 Å². The lowest BCUT2D eigenvalue weighted by molar-refractivity contribution is -0.136. The molecular formula is C52H63N9O7. The summed E-state index contributed by atoms with van der Waals surface area (Å²) < 4.78 is 9.66. The van der Waals surface area contributed by atoms with E-state index in [9.17, 15) is 19.2 Å². The number of H-pyrrole nitrogens is 2. The van der Waals surface area contributed by atoms with Crippen LogP contribution in [0.4, 0.5) is 9.59 Å². The number of imidazole rings is 2. The number of hydrogen-bond acceptors (Lipinski definition) is 10. The molecule has 0 bridgehead atoms. The van der Waals surface area contributed by atoms with Crippen LogP contribution in [-0.4, -0.2) is 93.1 Å². The third kappa shape index (κ3) is 7.93. The van der Waals surface area contributed by atoms with Gasteiger partial charge in [0.25, 0.3) is 0 Å². The maximum atomic E-state index is 13.9. The lowest BCUT2D eigenvalue weighted by Crippen LogP contribution is -2.51. The van der Waals surface area contributed by atoms with Gasteiger partial charge < -0.3 is 44.7 Å². The number of hydrogen-bond donors (Lipinski definition) is 5. The van der Waals surface area contributed by atoms with Gasteiger partial charge in [0.2, 0.25) is 11.8 Å². The molecule has 16 heteroatoms. The number of aromatic amines is 2. The molecule has 0 radical (unpaired) electrons. The van der Waals surface area contributed by atoms with Gasteiger partial charge >= 0.3 is 12.2 Å². The predicted octanol–water partition coefficient (Wildman–Crippen LogP) is 8.53. The molecule has 3 fully saturated rings. The van der Waals surface area contributed by atoms with E-state index in [2.05, 4.69) is 68.5 Å². The van der Waals surface area contributed by atoms with Gasteiger partial charge in [0.1, 0.15) is 23.7 Å². The molecule has 16 nitrogen and oxygen atoms in total. The number of benzene rings is 3. The van der Waals surface area contributed by atoms with Gasteiger partial charge in [0, 0.05) is 24.2 Å². The smallest absolute Gasteiger partial charge is 0.407 e. The van der Waals surface area contributed by atoms with Crippen LogP contribution in [-0.2, 0) is 37.4 Å². The van der Waals surface area contributed by atoms with Gasteiger partial charge in [-0.15, -0.1) is 0 Å². The number of carbonyl (C=O) groups is 4. The Balaban J connectivity index is 0.954. The lowest BCUT2D eigenvalue weighted by atomic mass is 9.76. The average molecular weight is 926 g/mol. The first-order chi connectivity index (χ1) is 32.9. The molecule has 1 saturated carbocycles. The highest BCUT2D eigenvalue weighted by Crippen LogP contribution is 2.56. The Hall–Kier alpha value is -6.42. The van der Waals surface area contributed by atoms with Crippen LogP contribution in [0.5, 0.6) is 5.75 Å². The standard InChI is InChI=1S/C52H63N9O7/c1-28(2)43(58-50(64)66-5)48(62)60-23-9-11-40(60)46-53-27-39(57-46)35-17-16-33(36-26-54-68-45(35)36)32-15-14-31(42-34(32)19-22-52(42)20-7-8-21-52)30-13-18-37-38(25-30)56-47(55-37)41-12-10-24-61(41)49(63)44(29(3)4)59-51(65)67-6/h13-18,25,27-29,40-41,43-44,54H,7-12,19-24,26H2,1-6H3,(H,53,57)(H,55,56)(H,58,64)(H,59,65)/t40-,41-,43-,44-/m0/s1. The number of ether oxygens (including phenoxy) is 2. The highest BCUT2D eigenvalue weighted by molar-refractivity contribution is 5.90. The highest BCUT2D eigenvalue weighted by Gasteiger charge is 2.45. The van der Waals surface area contributed by atoms with E-state index in [1.54, 1.807) is 0 Å². The molecule has 2 aliphatic carbocycles. The Bertz CT molecular complexity index is 2770. The minimum absolute atomic E-state index is 0.114. The van der Waals surface area contributed by atoms with Crippen LogP contribution in [0.2, 0.25) is 0 Å². The SMILES string of the molecule is COC(=O)N[C@H](C(=O)N1CCC[C@H]1c1ncc(-c2ccc(-c3ccc(-c4ccc5nc([C@@H]6CCCN6C(=O)[C@@H](NC(=O)OC)C(C)C)[nH]c5c4)c4c3CCC43CCCC3)c3c2ONC3)[nH]1)C(C)C. The number of likely N-dealkylation sites (tertiary alicyclic amines) is 2. The largest absolute Gasteiger partial charge is 0.453 e. The minimum atomic E-state index is -0.711. The predicted molar refractivity (Wildman–Crippen MR) is 256 cm³/mol. The summed E-state index contributed by atoms with van der Waals surface area (Å²) in [6.07, 6.45) is 10.7. The van der Waals surface area contributed by atoms with Gasteiger partial charge in [-0.3, -0.25) is 9.59 Å². The third-order valence-corrected chi connectivity index (χ3v) is 15.4. The van der Waals surface area contributed by atoms with E-state index < -0.39 is 24.3 Å². The maximum Gasteiger partial charge on any atom is 0.407 e. The van der Waals surface area contributed by atoms with Crippen molar-refractivity contribution in [3.63, 3.8) is 0 Å². The summed E-state index contributed by atoms with van der Waals surface area (Å²) >= 11 is 0. The van der Waals surface area contributed by atoms with E-state index in [0.29, 0.717) is 25.5 Å². The molecule has 5 aromatic rings. The Morgan fingerprint density at radius 2 is 1.34 bits per heavy atom. The first kappa shape index (κ1) is 45.4. The van der Waals surface area contributed by atoms with E-state index >= 15 is 0 Å². The lowest BCUT2D eigenvalue weighted by Gasteiger charge is -2.30. The molecule has 3 aromatic carbocycles. The summed E-state index contributed by atoms with van der Waals surface area (Å²) in [6, 6.07) is 13.6. The van der Waals surface area contributed by atoms with Crippen LogP contribution in [0.1, 0.15) is 126 Å². The van der Waals surface area contributed by atoms with Crippen LogP contribution in [0.25, 0.3) is 44.5 Å². The number of methoxy groups -OCH3 is 2. The number of nitrogens with one attached hydrogen (secondary N) is 5. The number of carbonyl (C=O) groups excluding carboxylic acids is 4.